The Labute approximate surface area is 107 Å². The van der Waals surface area contributed by atoms with Crippen molar-refractivity contribution in [3.05, 3.63) is 23.8 Å². The molecule has 2 heterocycles. The quantitative estimate of drug-likeness (QED) is 0.836. The van der Waals surface area contributed by atoms with Crippen molar-refractivity contribution in [2.24, 2.45) is 0 Å². The molecule has 0 unspecified atom stereocenters. The second-order valence-electron chi connectivity index (χ2n) is 5.37. The highest BCUT2D eigenvalue weighted by Gasteiger charge is 2.22. The van der Waals surface area contributed by atoms with Crippen molar-refractivity contribution >= 4 is 17.0 Å². The van der Waals surface area contributed by atoms with E-state index in [1.165, 1.54) is 11.1 Å². The van der Waals surface area contributed by atoms with Gasteiger partial charge in [-0.05, 0) is 57.6 Å². The summed E-state index contributed by atoms with van der Waals surface area (Å²) in [5.41, 5.74) is 9.56. The number of imidazole rings is 1. The van der Waals surface area contributed by atoms with Crippen LogP contribution in [0.15, 0.2) is 18.2 Å². The number of nitrogen functional groups attached to an aromatic ring is 1. The van der Waals surface area contributed by atoms with E-state index in [9.17, 15) is 0 Å². The Bertz CT molecular complexity index is 564. The van der Waals surface area contributed by atoms with E-state index in [4.69, 9.17) is 5.73 Å². The Morgan fingerprint density at radius 1 is 1.28 bits per heavy atom. The fraction of sp³-hybridized carbons (Fsp3) is 0.500. The van der Waals surface area contributed by atoms with Gasteiger partial charge in [0.1, 0.15) is 0 Å². The summed E-state index contributed by atoms with van der Waals surface area (Å²) in [6.07, 6.45) is 2.31. The van der Waals surface area contributed by atoms with Crippen LogP contribution in [0, 0.1) is 6.92 Å². The van der Waals surface area contributed by atoms with Crippen molar-refractivity contribution in [3.63, 3.8) is 0 Å². The molecule has 96 valence electrons. The number of benzene rings is 1. The zero-order valence-electron chi connectivity index (χ0n) is 11.1. The molecule has 4 heteroatoms. The van der Waals surface area contributed by atoms with E-state index in [-0.39, 0.29) is 0 Å². The topological polar surface area (TPSA) is 47.1 Å². The van der Waals surface area contributed by atoms with E-state index in [1.54, 1.807) is 0 Å². The van der Waals surface area contributed by atoms with E-state index >= 15 is 0 Å². The molecular weight excluding hydrogens is 224 g/mol. The number of nitrogens with two attached hydrogens (primary N) is 1. The predicted molar refractivity (Wildman–Crippen MR) is 74.7 cm³/mol. The van der Waals surface area contributed by atoms with E-state index in [0.717, 1.165) is 31.4 Å². The monoisotopic (exact) mass is 244 g/mol. The molecule has 1 fully saturated rings. The van der Waals surface area contributed by atoms with Gasteiger partial charge in [-0.1, -0.05) is 6.07 Å². The Morgan fingerprint density at radius 2 is 2.00 bits per heavy atom. The van der Waals surface area contributed by atoms with Crippen molar-refractivity contribution in [3.8, 4) is 0 Å². The molecule has 0 atom stereocenters. The number of aryl methyl sites for hydroxylation is 1. The Balaban J connectivity index is 2.05. The minimum Gasteiger partial charge on any atom is -0.369 e. The zero-order chi connectivity index (χ0) is 12.7. The molecule has 0 aliphatic carbocycles. The summed E-state index contributed by atoms with van der Waals surface area (Å²) in [5.74, 6) is 0.658. The summed E-state index contributed by atoms with van der Waals surface area (Å²) >= 11 is 0. The van der Waals surface area contributed by atoms with Crippen molar-refractivity contribution in [2.45, 2.75) is 25.8 Å². The molecule has 1 aliphatic heterocycles. The second-order valence-corrected chi connectivity index (χ2v) is 5.37. The van der Waals surface area contributed by atoms with Crippen LogP contribution in [0.1, 0.15) is 24.4 Å². The number of nitrogens with zero attached hydrogens (tertiary/aromatic N) is 3. The minimum absolute atomic E-state index is 0.494. The van der Waals surface area contributed by atoms with Gasteiger partial charge >= 0.3 is 0 Å². The van der Waals surface area contributed by atoms with Gasteiger partial charge in [-0.15, -0.1) is 0 Å². The van der Waals surface area contributed by atoms with Crippen LogP contribution >= 0.6 is 0 Å². The van der Waals surface area contributed by atoms with E-state index in [2.05, 4.69) is 46.6 Å². The molecule has 1 aromatic heterocycles. The minimum atomic E-state index is 0.494. The molecular formula is C14H20N4. The lowest BCUT2D eigenvalue weighted by Gasteiger charge is -2.30. The number of likely N-dealkylation sites (tertiary alicyclic amines) is 1. The highest BCUT2D eigenvalue weighted by atomic mass is 15.2. The van der Waals surface area contributed by atoms with Crippen molar-refractivity contribution in [1.82, 2.24) is 14.5 Å². The van der Waals surface area contributed by atoms with Gasteiger partial charge in [0.2, 0.25) is 5.95 Å². The lowest BCUT2D eigenvalue weighted by atomic mass is 10.0. The second kappa shape index (κ2) is 4.28. The largest absolute Gasteiger partial charge is 0.369 e. The van der Waals surface area contributed by atoms with Gasteiger partial charge in [0, 0.05) is 6.04 Å². The van der Waals surface area contributed by atoms with Crippen LogP contribution in [-0.4, -0.2) is 34.6 Å². The molecule has 18 heavy (non-hydrogen) atoms. The molecule has 3 rings (SSSR count). The van der Waals surface area contributed by atoms with Crippen LogP contribution in [-0.2, 0) is 0 Å². The molecule has 2 N–H and O–H groups in total. The summed E-state index contributed by atoms with van der Waals surface area (Å²) in [7, 11) is 2.18. The molecule has 0 spiro atoms. The maximum absolute atomic E-state index is 6.11. The lowest BCUT2D eigenvalue weighted by molar-refractivity contribution is 0.225. The first kappa shape index (κ1) is 11.5. The van der Waals surface area contributed by atoms with E-state index in [0.29, 0.717) is 12.0 Å². The third-order valence-electron chi connectivity index (χ3n) is 3.93. The fourth-order valence-corrected chi connectivity index (χ4v) is 2.86. The van der Waals surface area contributed by atoms with Crippen LogP contribution in [0.3, 0.4) is 0 Å². The first-order chi connectivity index (χ1) is 8.65. The van der Waals surface area contributed by atoms with Gasteiger partial charge < -0.3 is 15.2 Å². The maximum Gasteiger partial charge on any atom is 0.201 e. The van der Waals surface area contributed by atoms with E-state index in [1.807, 2.05) is 0 Å². The SMILES string of the molecule is Cc1ccc2nc(N)n(C3CCN(C)CC3)c2c1. The summed E-state index contributed by atoms with van der Waals surface area (Å²) in [5, 5.41) is 0. The number of piperidine rings is 1. The van der Waals surface area contributed by atoms with Crippen LogP contribution in [0.5, 0.6) is 0 Å². The van der Waals surface area contributed by atoms with Crippen molar-refractivity contribution < 1.29 is 0 Å². The van der Waals surface area contributed by atoms with Gasteiger partial charge in [-0.3, -0.25) is 0 Å². The summed E-state index contributed by atoms with van der Waals surface area (Å²) < 4.78 is 2.23. The number of hydrogen-bond donors (Lipinski definition) is 1. The number of fused-ring (bicyclic) bond motifs is 1. The molecule has 4 nitrogen and oxygen atoms in total. The number of anilines is 1. The fourth-order valence-electron chi connectivity index (χ4n) is 2.86. The predicted octanol–water partition coefficient (Wildman–Crippen LogP) is 2.19. The Kier molecular flexibility index (Phi) is 2.74. The molecule has 2 aromatic rings. The van der Waals surface area contributed by atoms with Gasteiger partial charge in [-0.2, -0.15) is 0 Å². The molecule has 0 bridgehead atoms. The molecule has 0 saturated carbocycles. The average molecular weight is 244 g/mol. The van der Waals surface area contributed by atoms with Gasteiger partial charge in [0.25, 0.3) is 0 Å². The van der Waals surface area contributed by atoms with Crippen LogP contribution in [0.25, 0.3) is 11.0 Å². The van der Waals surface area contributed by atoms with Crippen molar-refractivity contribution in [1.29, 1.82) is 0 Å². The highest BCUT2D eigenvalue weighted by Crippen LogP contribution is 2.29. The third-order valence-corrected chi connectivity index (χ3v) is 3.93. The maximum atomic E-state index is 6.11. The van der Waals surface area contributed by atoms with Gasteiger partial charge in [0.05, 0.1) is 11.0 Å². The summed E-state index contributed by atoms with van der Waals surface area (Å²) in [4.78, 5) is 6.85. The molecule has 1 aliphatic rings. The number of rotatable bonds is 1. The summed E-state index contributed by atoms with van der Waals surface area (Å²) in [6.45, 7) is 4.38. The Hall–Kier alpha value is -1.55. The average Bonchev–Trinajstić information content (AvgIpc) is 2.66. The van der Waals surface area contributed by atoms with Crippen LogP contribution in [0.2, 0.25) is 0 Å². The molecule has 0 amide bonds. The lowest BCUT2D eigenvalue weighted by Crippen LogP contribution is -2.31. The summed E-state index contributed by atoms with van der Waals surface area (Å²) in [6, 6.07) is 6.84. The van der Waals surface area contributed by atoms with Crippen molar-refractivity contribution in [2.75, 3.05) is 25.9 Å². The zero-order valence-corrected chi connectivity index (χ0v) is 11.1. The standard InChI is InChI=1S/C14H20N4/c1-10-3-4-12-13(9-10)18(14(15)16-12)11-5-7-17(2)8-6-11/h3-4,9,11H,5-8H2,1-2H3,(H2,15,16). The van der Waals surface area contributed by atoms with Gasteiger partial charge in [0.15, 0.2) is 0 Å². The normalized spacial score (nSPS) is 18.6. The Morgan fingerprint density at radius 3 is 2.72 bits per heavy atom. The smallest absolute Gasteiger partial charge is 0.201 e. The number of aromatic nitrogens is 2. The van der Waals surface area contributed by atoms with Crippen LogP contribution < -0.4 is 5.73 Å². The van der Waals surface area contributed by atoms with Gasteiger partial charge in [-0.25, -0.2) is 4.98 Å². The molecule has 0 radical (unpaired) electrons. The van der Waals surface area contributed by atoms with Crippen LogP contribution in [0.4, 0.5) is 5.95 Å². The molecule has 1 saturated heterocycles. The molecule has 1 aromatic carbocycles. The van der Waals surface area contributed by atoms with E-state index < -0.39 is 0 Å². The third kappa shape index (κ3) is 1.86. The highest BCUT2D eigenvalue weighted by molar-refractivity contribution is 5.79. The number of hydrogen-bond acceptors (Lipinski definition) is 3. The first-order valence-corrected chi connectivity index (χ1v) is 6.58. The first-order valence-electron chi connectivity index (χ1n) is 6.58.